The lowest BCUT2D eigenvalue weighted by Crippen LogP contribution is -2.48. The van der Waals surface area contributed by atoms with Crippen molar-refractivity contribution < 1.29 is 23.2 Å². The lowest BCUT2D eigenvalue weighted by Gasteiger charge is -2.31. The first-order valence-corrected chi connectivity index (χ1v) is 11.6. The second-order valence-corrected chi connectivity index (χ2v) is 8.09. The number of carbonyl (C=O) groups excluding carboxylic acids is 3. The molecule has 2 N–H and O–H groups in total. The minimum atomic E-state index is -0.905. The van der Waals surface area contributed by atoms with E-state index in [4.69, 9.17) is 8.83 Å². The Morgan fingerprint density at radius 3 is 2.14 bits per heavy atom. The second-order valence-electron chi connectivity index (χ2n) is 8.09. The van der Waals surface area contributed by atoms with Crippen LogP contribution in [0.15, 0.2) is 106 Å². The van der Waals surface area contributed by atoms with Crippen molar-refractivity contribution in [3.05, 3.63) is 120 Å². The number of nitrogens with one attached hydrogen (secondary N) is 2. The fourth-order valence-electron chi connectivity index (χ4n) is 3.84. The lowest BCUT2D eigenvalue weighted by atomic mass is 10.0. The minimum Gasteiger partial charge on any atom is -0.467 e. The number of carbonyl (C=O) groups is 3. The summed E-state index contributed by atoms with van der Waals surface area (Å²) < 4.78 is 10.4. The Kier molecular flexibility index (Phi) is 8.32. The molecule has 8 nitrogen and oxygen atoms in total. The molecule has 0 saturated heterocycles. The van der Waals surface area contributed by atoms with Crippen LogP contribution in [0.2, 0.25) is 0 Å². The smallest absolute Gasteiger partial charge is 0.287 e. The van der Waals surface area contributed by atoms with Gasteiger partial charge in [-0.1, -0.05) is 60.7 Å². The van der Waals surface area contributed by atoms with Crippen LogP contribution in [0.1, 0.15) is 33.5 Å². The van der Waals surface area contributed by atoms with E-state index in [1.54, 1.807) is 30.3 Å². The van der Waals surface area contributed by atoms with Gasteiger partial charge in [-0.25, -0.2) is 0 Å². The Morgan fingerprint density at radius 2 is 1.47 bits per heavy atom. The van der Waals surface area contributed by atoms with Crippen LogP contribution in [0, 0.1) is 0 Å². The molecule has 0 unspecified atom stereocenters. The number of hydrogen-bond donors (Lipinski definition) is 2. The molecule has 0 saturated carbocycles. The average Bonchev–Trinajstić information content (AvgIpc) is 3.64. The number of furan rings is 2. The molecule has 0 spiro atoms. The van der Waals surface area contributed by atoms with Crippen molar-refractivity contribution in [1.29, 1.82) is 0 Å². The molecule has 0 aliphatic carbocycles. The molecule has 0 fully saturated rings. The number of rotatable bonds is 11. The van der Waals surface area contributed by atoms with Crippen LogP contribution in [0.3, 0.4) is 0 Å². The molecular weight excluding hydrogens is 458 g/mol. The minimum absolute atomic E-state index is 0.106. The molecule has 0 aliphatic rings. The third kappa shape index (κ3) is 6.50. The van der Waals surface area contributed by atoms with Crippen LogP contribution in [0.4, 0.5) is 0 Å². The summed E-state index contributed by atoms with van der Waals surface area (Å²) >= 11 is 0. The van der Waals surface area contributed by atoms with E-state index in [1.807, 2.05) is 48.5 Å². The fourth-order valence-corrected chi connectivity index (χ4v) is 3.84. The molecule has 0 radical (unpaired) electrons. The molecule has 1 atom stereocenters. The van der Waals surface area contributed by atoms with Gasteiger partial charge < -0.3 is 24.4 Å². The molecule has 3 amide bonds. The Morgan fingerprint density at radius 1 is 0.778 bits per heavy atom. The van der Waals surface area contributed by atoms with Crippen LogP contribution >= 0.6 is 0 Å². The topological polar surface area (TPSA) is 105 Å². The van der Waals surface area contributed by atoms with Gasteiger partial charge >= 0.3 is 0 Å². The van der Waals surface area contributed by atoms with Crippen molar-refractivity contribution in [2.45, 2.75) is 19.0 Å². The zero-order valence-corrected chi connectivity index (χ0v) is 19.6. The zero-order chi connectivity index (χ0) is 25.2. The molecule has 0 bridgehead atoms. The van der Waals surface area contributed by atoms with E-state index in [0.29, 0.717) is 17.7 Å². The van der Waals surface area contributed by atoms with E-state index in [9.17, 15) is 14.4 Å². The number of hydrogen-bond acceptors (Lipinski definition) is 5. The fraction of sp³-hybridized carbons (Fsp3) is 0.179. The predicted molar refractivity (Wildman–Crippen MR) is 133 cm³/mol. The van der Waals surface area contributed by atoms with Gasteiger partial charge in [-0.3, -0.25) is 14.4 Å². The van der Waals surface area contributed by atoms with Gasteiger partial charge in [-0.05, 0) is 41.8 Å². The summed E-state index contributed by atoms with van der Waals surface area (Å²) in [6.07, 6.45) is 3.46. The molecule has 184 valence electrons. The highest BCUT2D eigenvalue weighted by Gasteiger charge is 2.31. The number of nitrogens with zero attached hydrogens (tertiary/aromatic N) is 1. The summed E-state index contributed by atoms with van der Waals surface area (Å²) in [4.78, 5) is 40.8. The van der Waals surface area contributed by atoms with E-state index < -0.39 is 17.9 Å². The van der Waals surface area contributed by atoms with Crippen molar-refractivity contribution >= 4 is 17.7 Å². The van der Waals surface area contributed by atoms with Gasteiger partial charge in [0, 0.05) is 6.54 Å². The lowest BCUT2D eigenvalue weighted by molar-refractivity contribution is -0.140. The monoisotopic (exact) mass is 485 g/mol. The van der Waals surface area contributed by atoms with Crippen LogP contribution in [0.25, 0.3) is 0 Å². The van der Waals surface area contributed by atoms with Gasteiger partial charge in [0.25, 0.3) is 5.91 Å². The molecule has 4 aromatic rings. The van der Waals surface area contributed by atoms with Crippen LogP contribution in [-0.2, 0) is 22.6 Å². The normalized spacial score (nSPS) is 11.4. The number of amides is 3. The Balaban J connectivity index is 1.57. The molecule has 8 heteroatoms. The Hall–Kier alpha value is -4.59. The van der Waals surface area contributed by atoms with Gasteiger partial charge in [0.15, 0.2) is 5.76 Å². The molecule has 4 rings (SSSR count). The van der Waals surface area contributed by atoms with Crippen LogP contribution < -0.4 is 10.6 Å². The Bertz CT molecular complexity index is 1240. The van der Waals surface area contributed by atoms with Crippen LogP contribution in [-0.4, -0.2) is 35.7 Å². The highest BCUT2D eigenvalue weighted by atomic mass is 16.3. The first kappa shape index (κ1) is 24.5. The molecule has 2 aromatic carbocycles. The van der Waals surface area contributed by atoms with E-state index in [-0.39, 0.29) is 31.3 Å². The molecular formula is C28H27N3O5. The maximum absolute atomic E-state index is 13.5. The van der Waals surface area contributed by atoms with Crippen molar-refractivity contribution in [3.8, 4) is 0 Å². The third-order valence-corrected chi connectivity index (χ3v) is 5.64. The maximum atomic E-state index is 13.5. The third-order valence-electron chi connectivity index (χ3n) is 5.64. The summed E-state index contributed by atoms with van der Waals surface area (Å²) in [7, 11) is 0. The van der Waals surface area contributed by atoms with Gasteiger partial charge in [-0.15, -0.1) is 0 Å². The van der Waals surface area contributed by atoms with Crippen molar-refractivity contribution in [3.63, 3.8) is 0 Å². The van der Waals surface area contributed by atoms with E-state index in [2.05, 4.69) is 10.6 Å². The van der Waals surface area contributed by atoms with Crippen molar-refractivity contribution in [2.24, 2.45) is 0 Å². The molecule has 0 aliphatic heterocycles. The molecule has 36 heavy (non-hydrogen) atoms. The SMILES string of the molecule is O=C(NCC(=O)N(CCc1ccccc1)[C@@H](C(=O)NCc1ccco1)c1ccccc1)c1ccco1. The van der Waals surface area contributed by atoms with E-state index >= 15 is 0 Å². The molecule has 2 aromatic heterocycles. The summed E-state index contributed by atoms with van der Waals surface area (Å²) in [6, 6.07) is 24.5. The summed E-state index contributed by atoms with van der Waals surface area (Å²) in [6.45, 7) is 0.168. The first-order valence-electron chi connectivity index (χ1n) is 11.6. The van der Waals surface area contributed by atoms with Gasteiger partial charge in [-0.2, -0.15) is 0 Å². The number of benzene rings is 2. The van der Waals surface area contributed by atoms with E-state index in [1.165, 1.54) is 23.5 Å². The van der Waals surface area contributed by atoms with Crippen molar-refractivity contribution in [1.82, 2.24) is 15.5 Å². The van der Waals surface area contributed by atoms with Gasteiger partial charge in [0.1, 0.15) is 11.8 Å². The average molecular weight is 486 g/mol. The summed E-state index contributed by atoms with van der Waals surface area (Å²) in [5.41, 5.74) is 1.69. The maximum Gasteiger partial charge on any atom is 0.287 e. The Labute approximate surface area is 208 Å². The standard InChI is InChI=1S/C28H27N3O5/c32-25(20-30-27(33)24-14-8-18-36-24)31(16-15-21-9-3-1-4-10-21)26(22-11-5-2-6-12-22)28(34)29-19-23-13-7-17-35-23/h1-14,17-18,26H,15-16,19-20H2,(H,29,34)(H,30,33)/t26-/m1/s1. The predicted octanol–water partition coefficient (Wildman–Crippen LogP) is 3.73. The summed E-state index contributed by atoms with van der Waals surface area (Å²) in [5.74, 6) is -0.545. The zero-order valence-electron chi connectivity index (χ0n) is 19.6. The summed E-state index contributed by atoms with van der Waals surface area (Å²) in [5, 5.41) is 5.47. The quantitative estimate of drug-likeness (QED) is 0.337. The first-order chi connectivity index (χ1) is 17.6. The highest BCUT2D eigenvalue weighted by Crippen LogP contribution is 2.22. The largest absolute Gasteiger partial charge is 0.467 e. The highest BCUT2D eigenvalue weighted by molar-refractivity contribution is 5.95. The van der Waals surface area contributed by atoms with E-state index in [0.717, 1.165) is 5.56 Å². The van der Waals surface area contributed by atoms with Crippen molar-refractivity contribution in [2.75, 3.05) is 13.1 Å². The van der Waals surface area contributed by atoms with Crippen LogP contribution in [0.5, 0.6) is 0 Å². The van der Waals surface area contributed by atoms with Gasteiger partial charge in [0.2, 0.25) is 11.8 Å². The van der Waals surface area contributed by atoms with Gasteiger partial charge in [0.05, 0.1) is 25.6 Å². The molecule has 2 heterocycles. The second kappa shape index (κ2) is 12.2.